The fraction of sp³-hybridized carbons (Fsp3) is 0.400. The number of nitrogen functional groups attached to an aromatic ring is 1. The van der Waals surface area contributed by atoms with Gasteiger partial charge in [-0.1, -0.05) is 0 Å². The molecule has 0 saturated heterocycles. The number of sulfone groups is 1. The molecule has 0 radical (unpaired) electrons. The van der Waals surface area contributed by atoms with E-state index >= 15 is 0 Å². The lowest BCUT2D eigenvalue weighted by Gasteiger charge is -2.12. The molecule has 108 valence electrons. The smallest absolute Gasteiger partial charge is 0.233 e. The Morgan fingerprint density at radius 2 is 1.84 bits per heavy atom. The van der Waals surface area contributed by atoms with Crippen molar-refractivity contribution in [3.63, 3.8) is 0 Å². The Hall–Kier alpha value is -1.48. The largest absolute Gasteiger partial charge is 0.495 e. The Labute approximate surface area is 112 Å². The summed E-state index contributed by atoms with van der Waals surface area (Å²) in [5.41, 5.74) is 6.10. The van der Waals surface area contributed by atoms with Crippen LogP contribution in [0, 0.1) is 0 Å². The van der Waals surface area contributed by atoms with Gasteiger partial charge in [0.1, 0.15) is 15.6 Å². The molecule has 0 atom stereocenters. The van der Waals surface area contributed by atoms with Gasteiger partial charge in [-0.05, 0) is 18.2 Å². The molecule has 0 bridgehead atoms. The van der Waals surface area contributed by atoms with Crippen LogP contribution in [0.1, 0.15) is 0 Å². The molecule has 0 fully saturated rings. The lowest BCUT2D eigenvalue weighted by molar-refractivity contribution is 0.417. The monoisotopic (exact) mass is 308 g/mol. The Bertz CT molecular complexity index is 652. The minimum absolute atomic E-state index is 0.177. The van der Waals surface area contributed by atoms with E-state index in [2.05, 4.69) is 4.72 Å². The normalized spacial score (nSPS) is 12.1. The molecule has 0 spiro atoms. The van der Waals surface area contributed by atoms with E-state index in [9.17, 15) is 16.8 Å². The molecule has 1 aromatic carbocycles. The Kier molecular flexibility index (Phi) is 4.64. The van der Waals surface area contributed by atoms with Gasteiger partial charge in [-0.15, -0.1) is 0 Å². The summed E-state index contributed by atoms with van der Waals surface area (Å²) >= 11 is 0. The minimum Gasteiger partial charge on any atom is -0.495 e. The molecule has 0 amide bonds. The molecule has 3 N–H and O–H groups in total. The Balaban J connectivity index is 2.92. The SMILES string of the molecule is COc1ccc(N)cc1NS(=O)(=O)CCS(C)(=O)=O. The van der Waals surface area contributed by atoms with Crippen molar-refractivity contribution in [2.75, 3.05) is 35.3 Å². The fourth-order valence-corrected chi connectivity index (χ4v) is 3.97. The molecule has 0 aliphatic heterocycles. The maximum atomic E-state index is 11.8. The third-order valence-corrected chi connectivity index (χ3v) is 4.69. The van der Waals surface area contributed by atoms with E-state index in [1.165, 1.54) is 19.2 Å². The summed E-state index contributed by atoms with van der Waals surface area (Å²) in [6.07, 6.45) is 0.976. The zero-order valence-corrected chi connectivity index (χ0v) is 12.2. The van der Waals surface area contributed by atoms with E-state index < -0.39 is 31.4 Å². The van der Waals surface area contributed by atoms with Crippen LogP contribution in [-0.2, 0) is 19.9 Å². The van der Waals surface area contributed by atoms with Gasteiger partial charge in [0, 0.05) is 11.9 Å². The topological polar surface area (TPSA) is 116 Å². The fourth-order valence-electron chi connectivity index (χ4n) is 1.29. The average molecular weight is 308 g/mol. The van der Waals surface area contributed by atoms with Gasteiger partial charge in [-0.25, -0.2) is 16.8 Å². The predicted octanol–water partition coefficient (Wildman–Crippen LogP) is 0.0637. The number of benzene rings is 1. The highest BCUT2D eigenvalue weighted by Gasteiger charge is 2.16. The van der Waals surface area contributed by atoms with E-state index in [4.69, 9.17) is 10.5 Å². The van der Waals surface area contributed by atoms with Crippen molar-refractivity contribution in [1.82, 2.24) is 0 Å². The average Bonchev–Trinajstić information content (AvgIpc) is 2.26. The summed E-state index contributed by atoms with van der Waals surface area (Å²) in [5, 5.41) is 0. The van der Waals surface area contributed by atoms with E-state index in [1.807, 2.05) is 0 Å². The minimum atomic E-state index is -3.78. The van der Waals surface area contributed by atoms with Crippen molar-refractivity contribution in [2.24, 2.45) is 0 Å². The number of nitrogens with one attached hydrogen (secondary N) is 1. The highest BCUT2D eigenvalue weighted by atomic mass is 32.2. The standard InChI is InChI=1S/C10H16N2O5S2/c1-17-10-4-3-8(11)7-9(10)12-19(15,16)6-5-18(2,13)14/h3-4,7,12H,5-6,11H2,1-2H3. The van der Waals surface area contributed by atoms with E-state index in [0.717, 1.165) is 6.26 Å². The molecule has 9 heteroatoms. The second kappa shape index (κ2) is 5.66. The number of anilines is 2. The maximum Gasteiger partial charge on any atom is 0.233 e. The van der Waals surface area contributed by atoms with Gasteiger partial charge < -0.3 is 10.5 Å². The number of rotatable bonds is 6. The Morgan fingerprint density at radius 3 is 2.37 bits per heavy atom. The number of methoxy groups -OCH3 is 1. The van der Waals surface area contributed by atoms with Crippen molar-refractivity contribution >= 4 is 31.2 Å². The summed E-state index contributed by atoms with van der Waals surface area (Å²) < 4.78 is 52.7. The number of hydrogen-bond acceptors (Lipinski definition) is 6. The molecule has 0 heterocycles. The molecule has 0 aromatic heterocycles. The summed E-state index contributed by atoms with van der Waals surface area (Å²) in [4.78, 5) is 0. The molecule has 0 aliphatic carbocycles. The molecule has 0 unspecified atom stereocenters. The second-order valence-corrected chi connectivity index (χ2v) is 8.11. The molecular formula is C10H16N2O5S2. The first-order chi connectivity index (χ1) is 8.63. The number of sulfonamides is 1. The maximum absolute atomic E-state index is 11.8. The van der Waals surface area contributed by atoms with Crippen LogP contribution >= 0.6 is 0 Å². The molecule has 19 heavy (non-hydrogen) atoms. The van der Waals surface area contributed by atoms with Crippen LogP contribution in [0.3, 0.4) is 0 Å². The molecule has 0 aliphatic rings. The summed E-state index contributed by atoms with van der Waals surface area (Å²) in [6.45, 7) is 0. The van der Waals surface area contributed by atoms with Crippen LogP contribution in [0.4, 0.5) is 11.4 Å². The molecule has 7 nitrogen and oxygen atoms in total. The predicted molar refractivity (Wildman–Crippen MR) is 74.5 cm³/mol. The first-order valence-corrected chi connectivity index (χ1v) is 8.96. The van der Waals surface area contributed by atoms with Gasteiger partial charge in [-0.2, -0.15) is 0 Å². The quantitative estimate of drug-likeness (QED) is 0.718. The lowest BCUT2D eigenvalue weighted by atomic mass is 10.2. The molecular weight excluding hydrogens is 292 g/mol. The highest BCUT2D eigenvalue weighted by molar-refractivity contribution is 7.95. The first-order valence-electron chi connectivity index (χ1n) is 5.25. The zero-order valence-electron chi connectivity index (χ0n) is 10.6. The van der Waals surface area contributed by atoms with E-state index in [0.29, 0.717) is 11.4 Å². The lowest BCUT2D eigenvalue weighted by Crippen LogP contribution is -2.22. The van der Waals surface area contributed by atoms with Crippen molar-refractivity contribution in [3.8, 4) is 5.75 Å². The van der Waals surface area contributed by atoms with Crippen LogP contribution in [0.2, 0.25) is 0 Å². The summed E-state index contributed by atoms with van der Waals surface area (Å²) in [6, 6.07) is 4.48. The first kappa shape index (κ1) is 15.6. The van der Waals surface area contributed by atoms with Crippen LogP contribution in [0.5, 0.6) is 5.75 Å². The van der Waals surface area contributed by atoms with Gasteiger partial charge in [-0.3, -0.25) is 4.72 Å². The third kappa shape index (κ3) is 5.35. The van der Waals surface area contributed by atoms with Crippen LogP contribution in [-0.4, -0.2) is 41.7 Å². The van der Waals surface area contributed by atoms with Gasteiger partial charge in [0.05, 0.1) is 24.3 Å². The third-order valence-electron chi connectivity index (χ3n) is 2.21. The van der Waals surface area contributed by atoms with Gasteiger partial charge >= 0.3 is 0 Å². The second-order valence-electron chi connectivity index (χ2n) is 4.01. The number of ether oxygens (including phenoxy) is 1. The van der Waals surface area contributed by atoms with Crippen molar-refractivity contribution in [3.05, 3.63) is 18.2 Å². The van der Waals surface area contributed by atoms with E-state index in [1.54, 1.807) is 6.07 Å². The highest BCUT2D eigenvalue weighted by Crippen LogP contribution is 2.27. The van der Waals surface area contributed by atoms with E-state index in [-0.39, 0.29) is 5.69 Å². The van der Waals surface area contributed by atoms with Gasteiger partial charge in [0.15, 0.2) is 0 Å². The number of hydrogen-bond donors (Lipinski definition) is 2. The molecule has 0 saturated carbocycles. The summed E-state index contributed by atoms with van der Waals surface area (Å²) in [7, 11) is -5.74. The van der Waals surface area contributed by atoms with Crippen LogP contribution in [0.25, 0.3) is 0 Å². The molecule has 1 aromatic rings. The van der Waals surface area contributed by atoms with Crippen LogP contribution in [0.15, 0.2) is 18.2 Å². The van der Waals surface area contributed by atoms with Gasteiger partial charge in [0.25, 0.3) is 0 Å². The summed E-state index contributed by atoms with van der Waals surface area (Å²) in [5.74, 6) is -0.673. The molecule has 1 rings (SSSR count). The Morgan fingerprint density at radius 1 is 1.21 bits per heavy atom. The number of nitrogens with two attached hydrogens (primary N) is 1. The van der Waals surface area contributed by atoms with Gasteiger partial charge in [0.2, 0.25) is 10.0 Å². The van der Waals surface area contributed by atoms with Crippen molar-refractivity contribution < 1.29 is 21.6 Å². The van der Waals surface area contributed by atoms with Crippen molar-refractivity contribution in [1.29, 1.82) is 0 Å². The zero-order chi connectivity index (χ0) is 14.7. The van der Waals surface area contributed by atoms with Crippen LogP contribution < -0.4 is 15.2 Å². The van der Waals surface area contributed by atoms with Crippen molar-refractivity contribution in [2.45, 2.75) is 0 Å².